The average molecular weight is 278 g/mol. The molecule has 0 unspecified atom stereocenters. The van der Waals surface area contributed by atoms with Crippen molar-refractivity contribution in [3.05, 3.63) is 24.1 Å². The molecule has 0 N–H and O–H groups in total. The molecular formula is C15H19FN2O2. The van der Waals surface area contributed by atoms with Gasteiger partial charge in [-0.25, -0.2) is 0 Å². The number of nitrogens with zero attached hydrogens (tertiary/aromatic N) is 2. The number of rotatable bonds is 4. The smallest absolute Gasteiger partial charge is 0.222 e. The van der Waals surface area contributed by atoms with Crippen LogP contribution in [0.2, 0.25) is 0 Å². The van der Waals surface area contributed by atoms with Gasteiger partial charge in [-0.2, -0.15) is 9.37 Å². The fraction of sp³-hybridized carbons (Fsp3) is 0.600. The van der Waals surface area contributed by atoms with Crippen molar-refractivity contribution in [1.82, 2.24) is 9.88 Å². The largest absolute Gasteiger partial charge is 0.474 e. The maximum atomic E-state index is 13.0. The van der Waals surface area contributed by atoms with Crippen LogP contribution in [-0.2, 0) is 4.79 Å². The Bertz CT molecular complexity index is 483. The first-order chi connectivity index (χ1) is 9.70. The van der Waals surface area contributed by atoms with E-state index < -0.39 is 5.95 Å². The van der Waals surface area contributed by atoms with Crippen LogP contribution in [-0.4, -0.2) is 35.0 Å². The molecule has 1 saturated heterocycles. The number of piperidine rings is 1. The molecule has 20 heavy (non-hydrogen) atoms. The molecule has 1 aliphatic carbocycles. The van der Waals surface area contributed by atoms with E-state index in [1.807, 2.05) is 4.90 Å². The van der Waals surface area contributed by atoms with E-state index in [0.29, 0.717) is 18.2 Å². The number of amides is 1. The third kappa shape index (κ3) is 3.46. The van der Waals surface area contributed by atoms with Gasteiger partial charge in [0.05, 0.1) is 0 Å². The molecule has 2 heterocycles. The van der Waals surface area contributed by atoms with Gasteiger partial charge in [-0.15, -0.1) is 0 Å². The minimum Gasteiger partial charge on any atom is -0.474 e. The molecule has 1 amide bonds. The molecule has 0 bridgehead atoms. The second kappa shape index (κ2) is 5.77. The summed E-state index contributed by atoms with van der Waals surface area (Å²) in [7, 11) is 0. The van der Waals surface area contributed by atoms with Crippen LogP contribution in [0.15, 0.2) is 18.2 Å². The Balaban J connectivity index is 1.47. The maximum Gasteiger partial charge on any atom is 0.222 e. The van der Waals surface area contributed by atoms with Crippen molar-refractivity contribution in [2.45, 2.75) is 38.2 Å². The number of aromatic nitrogens is 1. The van der Waals surface area contributed by atoms with Gasteiger partial charge in [-0.3, -0.25) is 4.79 Å². The summed E-state index contributed by atoms with van der Waals surface area (Å²) in [5, 5.41) is 0. The fourth-order valence-corrected chi connectivity index (χ4v) is 2.55. The lowest BCUT2D eigenvalue weighted by Crippen LogP contribution is -2.41. The highest BCUT2D eigenvalue weighted by Gasteiger charge is 2.29. The van der Waals surface area contributed by atoms with Crippen LogP contribution >= 0.6 is 0 Å². The third-order valence-corrected chi connectivity index (χ3v) is 3.93. The van der Waals surface area contributed by atoms with Crippen LogP contribution in [0.4, 0.5) is 4.39 Å². The molecule has 1 saturated carbocycles. The molecule has 2 fully saturated rings. The van der Waals surface area contributed by atoms with Crippen LogP contribution < -0.4 is 4.74 Å². The molecule has 0 atom stereocenters. The van der Waals surface area contributed by atoms with E-state index in [-0.39, 0.29) is 12.0 Å². The van der Waals surface area contributed by atoms with Crippen molar-refractivity contribution in [3.8, 4) is 5.88 Å². The summed E-state index contributed by atoms with van der Waals surface area (Å²) in [5.41, 5.74) is 0. The first-order valence-electron chi connectivity index (χ1n) is 7.28. The molecule has 1 aromatic heterocycles. The van der Waals surface area contributed by atoms with Gasteiger partial charge in [-0.1, -0.05) is 6.07 Å². The number of carbonyl (C=O) groups is 1. The zero-order valence-electron chi connectivity index (χ0n) is 11.4. The quantitative estimate of drug-likeness (QED) is 0.794. The number of halogens is 1. The van der Waals surface area contributed by atoms with Gasteiger partial charge < -0.3 is 9.64 Å². The van der Waals surface area contributed by atoms with Crippen molar-refractivity contribution in [2.24, 2.45) is 5.92 Å². The lowest BCUT2D eigenvalue weighted by Gasteiger charge is -2.32. The average Bonchev–Trinajstić information content (AvgIpc) is 3.23. The molecular weight excluding hydrogens is 259 g/mol. The monoisotopic (exact) mass is 278 g/mol. The van der Waals surface area contributed by atoms with Crippen LogP contribution in [0.25, 0.3) is 0 Å². The number of ether oxygens (including phenoxy) is 1. The molecule has 0 radical (unpaired) electrons. The summed E-state index contributed by atoms with van der Waals surface area (Å²) in [6, 6.07) is 4.55. The van der Waals surface area contributed by atoms with Crippen molar-refractivity contribution >= 4 is 5.91 Å². The number of hydrogen-bond donors (Lipinski definition) is 0. The van der Waals surface area contributed by atoms with E-state index in [0.717, 1.165) is 25.9 Å². The maximum absolute atomic E-state index is 13.0. The van der Waals surface area contributed by atoms with Crippen LogP contribution in [0.3, 0.4) is 0 Å². The van der Waals surface area contributed by atoms with Crippen molar-refractivity contribution in [3.63, 3.8) is 0 Å². The lowest BCUT2D eigenvalue weighted by atomic mass is 10.1. The van der Waals surface area contributed by atoms with Gasteiger partial charge in [-0.05, 0) is 24.8 Å². The highest BCUT2D eigenvalue weighted by atomic mass is 19.1. The Morgan fingerprint density at radius 1 is 1.30 bits per heavy atom. The molecule has 1 aliphatic heterocycles. The summed E-state index contributed by atoms with van der Waals surface area (Å²) >= 11 is 0. The van der Waals surface area contributed by atoms with Gasteiger partial charge in [0.25, 0.3) is 0 Å². The van der Waals surface area contributed by atoms with Gasteiger partial charge in [0.15, 0.2) is 0 Å². The van der Waals surface area contributed by atoms with Crippen LogP contribution in [0.5, 0.6) is 5.88 Å². The van der Waals surface area contributed by atoms with Gasteiger partial charge in [0.2, 0.25) is 17.7 Å². The summed E-state index contributed by atoms with van der Waals surface area (Å²) in [5.74, 6) is 0.704. The topological polar surface area (TPSA) is 42.4 Å². The van der Waals surface area contributed by atoms with Crippen molar-refractivity contribution in [2.75, 3.05) is 13.1 Å². The molecule has 0 aromatic carbocycles. The van der Waals surface area contributed by atoms with E-state index in [2.05, 4.69) is 4.98 Å². The first-order valence-corrected chi connectivity index (χ1v) is 7.28. The Kier molecular flexibility index (Phi) is 3.85. The lowest BCUT2D eigenvalue weighted by molar-refractivity contribution is -0.133. The number of carbonyl (C=O) groups excluding carboxylic acids is 1. The van der Waals surface area contributed by atoms with E-state index in [4.69, 9.17) is 4.74 Å². The minimum atomic E-state index is -0.528. The molecule has 1 aromatic rings. The summed E-state index contributed by atoms with van der Waals surface area (Å²) in [6.45, 7) is 1.46. The normalized spacial score (nSPS) is 19.9. The van der Waals surface area contributed by atoms with E-state index in [1.165, 1.54) is 18.9 Å². The van der Waals surface area contributed by atoms with Gasteiger partial charge in [0, 0.05) is 38.4 Å². The SMILES string of the molecule is O=C(CC1CC1)N1CCC(Oc2cccc(F)n2)CC1. The zero-order chi connectivity index (χ0) is 13.9. The number of likely N-dealkylation sites (tertiary alicyclic amines) is 1. The van der Waals surface area contributed by atoms with Crippen molar-refractivity contribution < 1.29 is 13.9 Å². The molecule has 5 heteroatoms. The van der Waals surface area contributed by atoms with E-state index in [9.17, 15) is 9.18 Å². The van der Waals surface area contributed by atoms with Gasteiger partial charge >= 0.3 is 0 Å². The molecule has 4 nitrogen and oxygen atoms in total. The molecule has 2 aliphatic rings. The summed E-state index contributed by atoms with van der Waals surface area (Å²) in [4.78, 5) is 17.6. The van der Waals surface area contributed by atoms with E-state index >= 15 is 0 Å². The van der Waals surface area contributed by atoms with Crippen molar-refractivity contribution in [1.29, 1.82) is 0 Å². The highest BCUT2D eigenvalue weighted by molar-refractivity contribution is 5.76. The molecule has 0 spiro atoms. The first kappa shape index (κ1) is 13.3. The van der Waals surface area contributed by atoms with Crippen LogP contribution in [0, 0.1) is 11.9 Å². The fourth-order valence-electron chi connectivity index (χ4n) is 2.55. The third-order valence-electron chi connectivity index (χ3n) is 3.93. The molecule has 3 rings (SSSR count). The minimum absolute atomic E-state index is 0.0225. The Morgan fingerprint density at radius 3 is 2.70 bits per heavy atom. The zero-order valence-corrected chi connectivity index (χ0v) is 11.4. The standard InChI is InChI=1S/C15H19FN2O2/c16-13-2-1-3-14(17-13)20-12-6-8-18(9-7-12)15(19)10-11-4-5-11/h1-3,11-12H,4-10H2. The van der Waals surface area contributed by atoms with Gasteiger partial charge in [0.1, 0.15) is 6.10 Å². The van der Waals surface area contributed by atoms with Crippen LogP contribution in [0.1, 0.15) is 32.1 Å². The predicted molar refractivity (Wildman–Crippen MR) is 71.8 cm³/mol. The Labute approximate surface area is 117 Å². The molecule has 108 valence electrons. The number of hydrogen-bond acceptors (Lipinski definition) is 3. The predicted octanol–water partition coefficient (Wildman–Crippen LogP) is 2.39. The Hall–Kier alpha value is -1.65. The van der Waals surface area contributed by atoms with E-state index in [1.54, 1.807) is 12.1 Å². The Morgan fingerprint density at radius 2 is 2.05 bits per heavy atom. The summed E-state index contributed by atoms with van der Waals surface area (Å²) < 4.78 is 18.6. The number of pyridine rings is 1. The highest BCUT2D eigenvalue weighted by Crippen LogP contribution is 2.33. The summed E-state index contributed by atoms with van der Waals surface area (Å²) in [6.07, 6.45) is 4.71. The second-order valence-corrected chi connectivity index (χ2v) is 5.64. The second-order valence-electron chi connectivity index (χ2n) is 5.64.